The van der Waals surface area contributed by atoms with Crippen molar-refractivity contribution in [2.45, 2.75) is 20.8 Å². The lowest BCUT2D eigenvalue weighted by atomic mass is 10.2. The highest BCUT2D eigenvalue weighted by atomic mass is 16.5. The van der Waals surface area contributed by atoms with Crippen LogP contribution in [-0.2, 0) is 4.74 Å². The highest BCUT2D eigenvalue weighted by Gasteiger charge is 2.09. The molecule has 1 N–H and O–H groups in total. The van der Waals surface area contributed by atoms with Crippen LogP contribution in [0.5, 0.6) is 0 Å². The summed E-state index contributed by atoms with van der Waals surface area (Å²) in [6, 6.07) is 3.46. The van der Waals surface area contributed by atoms with Gasteiger partial charge in [0.2, 0.25) is 0 Å². The average molecular weight is 220 g/mol. The quantitative estimate of drug-likeness (QED) is 0.752. The first-order chi connectivity index (χ1) is 7.72. The van der Waals surface area contributed by atoms with Crippen LogP contribution in [0.1, 0.15) is 29.9 Å². The lowest BCUT2D eigenvalue weighted by Gasteiger charge is -1.98. The largest absolute Gasteiger partial charge is 0.464 e. The minimum absolute atomic E-state index is 0.336. The van der Waals surface area contributed by atoms with Gasteiger partial charge in [0.25, 0.3) is 0 Å². The Hall–Kier alpha value is -1.84. The summed E-state index contributed by atoms with van der Waals surface area (Å²) in [5, 5.41) is 0. The molecule has 0 aliphatic rings. The van der Waals surface area contributed by atoms with Crippen molar-refractivity contribution < 1.29 is 9.53 Å². The van der Waals surface area contributed by atoms with E-state index >= 15 is 0 Å². The van der Waals surface area contributed by atoms with Crippen molar-refractivity contribution in [3.8, 4) is 0 Å². The molecule has 0 aliphatic carbocycles. The number of nitrogens with one attached hydrogen (secondary N) is 1. The second-order valence-electron chi connectivity index (χ2n) is 3.06. The molecule has 0 fully saturated rings. The Morgan fingerprint density at radius 3 is 2.69 bits per heavy atom. The second-order valence-corrected chi connectivity index (χ2v) is 3.06. The molecule has 0 saturated heterocycles. The van der Waals surface area contributed by atoms with Gasteiger partial charge in [-0.15, -0.1) is 0 Å². The molecule has 0 radical (unpaired) electrons. The third-order valence-electron chi connectivity index (χ3n) is 2.11. The monoisotopic (exact) mass is 220 g/mol. The highest BCUT2D eigenvalue weighted by Crippen LogP contribution is 2.15. The summed E-state index contributed by atoms with van der Waals surface area (Å²) in [6.07, 6.45) is 1.86. The molecule has 0 saturated carbocycles. The summed E-state index contributed by atoms with van der Waals surface area (Å²) in [4.78, 5) is 18.5. The van der Waals surface area contributed by atoms with Gasteiger partial charge in [0.05, 0.1) is 18.1 Å². The molecule has 0 atom stereocenters. The van der Waals surface area contributed by atoms with Crippen molar-refractivity contribution in [1.29, 1.82) is 0 Å². The number of hydrogen-bond acceptors (Lipinski definition) is 3. The van der Waals surface area contributed by atoms with Gasteiger partial charge in [0.1, 0.15) is 5.69 Å². The van der Waals surface area contributed by atoms with Crippen molar-refractivity contribution in [1.82, 2.24) is 9.97 Å². The number of aromatic amines is 1. The molecule has 0 unspecified atom stereocenters. The molecule has 2 aromatic heterocycles. The van der Waals surface area contributed by atoms with Crippen molar-refractivity contribution in [2.75, 3.05) is 7.11 Å². The van der Waals surface area contributed by atoms with E-state index in [0.29, 0.717) is 5.69 Å². The molecule has 2 aromatic rings. The molecule has 16 heavy (non-hydrogen) atoms. The molecule has 86 valence electrons. The number of fused-ring (bicyclic) bond motifs is 1. The smallest absolute Gasteiger partial charge is 0.356 e. The number of esters is 1. The number of pyridine rings is 1. The van der Waals surface area contributed by atoms with Gasteiger partial charge in [0, 0.05) is 6.20 Å². The van der Waals surface area contributed by atoms with Crippen LogP contribution < -0.4 is 0 Å². The highest BCUT2D eigenvalue weighted by molar-refractivity contribution is 5.90. The molecule has 4 heteroatoms. The number of hydrogen-bond donors (Lipinski definition) is 1. The fraction of sp³-hybridized carbons (Fsp3) is 0.333. The van der Waals surface area contributed by atoms with E-state index in [1.807, 2.05) is 33.0 Å². The van der Waals surface area contributed by atoms with E-state index in [1.165, 1.54) is 7.11 Å². The van der Waals surface area contributed by atoms with Gasteiger partial charge in [0.15, 0.2) is 0 Å². The number of ether oxygens (including phenoxy) is 1. The predicted octanol–water partition coefficient (Wildman–Crippen LogP) is 2.68. The number of H-pyrrole nitrogens is 1. The predicted molar refractivity (Wildman–Crippen MR) is 63.5 cm³/mol. The summed E-state index contributed by atoms with van der Waals surface area (Å²) in [6.45, 7) is 5.94. The summed E-state index contributed by atoms with van der Waals surface area (Å²) >= 11 is 0. The topological polar surface area (TPSA) is 55.0 Å². The molecule has 2 rings (SSSR count). The van der Waals surface area contributed by atoms with Crippen molar-refractivity contribution in [2.24, 2.45) is 0 Å². The van der Waals surface area contributed by atoms with Crippen LogP contribution in [0.15, 0.2) is 18.3 Å². The van der Waals surface area contributed by atoms with Crippen LogP contribution in [-0.4, -0.2) is 23.0 Å². The Kier molecular flexibility index (Phi) is 4.05. The molecular weight excluding hydrogens is 204 g/mol. The maximum atomic E-state index is 11.2. The van der Waals surface area contributed by atoms with E-state index in [0.717, 1.165) is 16.6 Å². The van der Waals surface area contributed by atoms with Crippen LogP contribution in [0.25, 0.3) is 11.0 Å². The normalized spacial score (nSPS) is 9.50. The van der Waals surface area contributed by atoms with Gasteiger partial charge in [-0.05, 0) is 24.6 Å². The standard InChI is InChI=1S/C10H10N2O2.C2H6/c1-6-5-11-7-3-4-8(10(13)14-2)12-9(6)7;1-2/h3-5,11H,1-2H3;1-2H3. The van der Waals surface area contributed by atoms with Crippen molar-refractivity contribution in [3.63, 3.8) is 0 Å². The SMILES string of the molecule is CC.COC(=O)c1ccc2[nH]cc(C)c2n1. The van der Waals surface area contributed by atoms with E-state index in [4.69, 9.17) is 0 Å². The lowest BCUT2D eigenvalue weighted by molar-refractivity contribution is 0.0594. The van der Waals surface area contributed by atoms with E-state index in [1.54, 1.807) is 6.07 Å². The van der Waals surface area contributed by atoms with E-state index in [9.17, 15) is 4.79 Å². The van der Waals surface area contributed by atoms with Crippen LogP contribution in [0, 0.1) is 6.92 Å². The van der Waals surface area contributed by atoms with E-state index < -0.39 is 5.97 Å². The van der Waals surface area contributed by atoms with Crippen molar-refractivity contribution >= 4 is 17.0 Å². The molecule has 4 nitrogen and oxygen atoms in total. The Bertz CT molecular complexity index is 489. The zero-order valence-corrected chi connectivity index (χ0v) is 10.00. The zero-order chi connectivity index (χ0) is 12.1. The Morgan fingerprint density at radius 1 is 1.38 bits per heavy atom. The minimum Gasteiger partial charge on any atom is -0.464 e. The molecule has 0 amide bonds. The molecule has 0 spiro atoms. The number of nitrogens with zero attached hydrogens (tertiary/aromatic N) is 1. The number of aryl methyl sites for hydroxylation is 1. The molecule has 2 heterocycles. The van der Waals surface area contributed by atoms with Crippen LogP contribution in [0.2, 0.25) is 0 Å². The van der Waals surface area contributed by atoms with Gasteiger partial charge >= 0.3 is 5.97 Å². The molecular formula is C12H16N2O2. The van der Waals surface area contributed by atoms with Crippen LogP contribution in [0.4, 0.5) is 0 Å². The van der Waals surface area contributed by atoms with Gasteiger partial charge in [-0.25, -0.2) is 9.78 Å². The first-order valence-electron chi connectivity index (χ1n) is 5.25. The van der Waals surface area contributed by atoms with E-state index in [2.05, 4.69) is 14.7 Å². The lowest BCUT2D eigenvalue weighted by Crippen LogP contribution is -2.03. The molecule has 0 aromatic carbocycles. The van der Waals surface area contributed by atoms with Gasteiger partial charge in [-0.1, -0.05) is 13.8 Å². The van der Waals surface area contributed by atoms with Gasteiger partial charge in [-0.2, -0.15) is 0 Å². The Morgan fingerprint density at radius 2 is 2.06 bits per heavy atom. The van der Waals surface area contributed by atoms with Gasteiger partial charge in [-0.3, -0.25) is 0 Å². The number of methoxy groups -OCH3 is 1. The summed E-state index contributed by atoms with van der Waals surface area (Å²) in [7, 11) is 1.35. The summed E-state index contributed by atoms with van der Waals surface area (Å²) < 4.78 is 4.59. The Labute approximate surface area is 94.6 Å². The van der Waals surface area contributed by atoms with E-state index in [-0.39, 0.29) is 0 Å². The summed E-state index contributed by atoms with van der Waals surface area (Å²) in [5.41, 5.74) is 3.09. The second kappa shape index (κ2) is 5.30. The minimum atomic E-state index is -0.410. The average Bonchev–Trinajstić information content (AvgIpc) is 2.72. The fourth-order valence-electron chi connectivity index (χ4n) is 1.35. The molecule has 0 bridgehead atoms. The number of carbonyl (C=O) groups excluding carboxylic acids is 1. The van der Waals surface area contributed by atoms with Crippen LogP contribution in [0.3, 0.4) is 0 Å². The third-order valence-corrected chi connectivity index (χ3v) is 2.11. The molecule has 0 aliphatic heterocycles. The van der Waals surface area contributed by atoms with Crippen molar-refractivity contribution in [3.05, 3.63) is 29.6 Å². The van der Waals surface area contributed by atoms with Crippen LogP contribution >= 0.6 is 0 Å². The first kappa shape index (κ1) is 12.2. The number of rotatable bonds is 1. The summed E-state index contributed by atoms with van der Waals surface area (Å²) in [5.74, 6) is -0.410. The third kappa shape index (κ3) is 2.21. The maximum Gasteiger partial charge on any atom is 0.356 e. The first-order valence-corrected chi connectivity index (χ1v) is 5.25. The zero-order valence-electron chi connectivity index (χ0n) is 10.00. The Balaban J connectivity index is 0.000000606. The fourth-order valence-corrected chi connectivity index (χ4v) is 1.35. The maximum absolute atomic E-state index is 11.2. The number of carbonyl (C=O) groups is 1. The number of aromatic nitrogens is 2. The van der Waals surface area contributed by atoms with Gasteiger partial charge < -0.3 is 9.72 Å².